The van der Waals surface area contributed by atoms with Crippen molar-refractivity contribution in [2.75, 3.05) is 20.1 Å². The Morgan fingerprint density at radius 1 is 1.55 bits per heavy atom. The second-order valence-corrected chi connectivity index (χ2v) is 4.85. The number of nitrogens with zero attached hydrogens (tertiary/aromatic N) is 1. The third kappa shape index (κ3) is 1.70. The van der Waals surface area contributed by atoms with Crippen molar-refractivity contribution in [1.29, 1.82) is 0 Å². The number of nitrogens with one attached hydrogen (secondary N) is 1. The topological polar surface area (TPSA) is 69.6 Å². The Bertz CT molecular complexity index is 238. The van der Waals surface area contributed by atoms with Gasteiger partial charge in [-0.05, 0) is 6.92 Å². The molecule has 0 amide bonds. The standard InChI is InChI=1S/C5H12N2O3S/c1-5(8)3-7(4-5)11(9,10)6-2/h6,8H,3-4H2,1-2H3. The Labute approximate surface area is 66.2 Å². The van der Waals surface area contributed by atoms with Crippen molar-refractivity contribution in [3.05, 3.63) is 0 Å². The number of hydrogen-bond donors (Lipinski definition) is 2. The van der Waals surface area contributed by atoms with Gasteiger partial charge in [0.25, 0.3) is 10.2 Å². The molecular weight excluding hydrogens is 168 g/mol. The quantitative estimate of drug-likeness (QED) is 0.544. The van der Waals surface area contributed by atoms with Gasteiger partial charge in [0.15, 0.2) is 0 Å². The molecule has 11 heavy (non-hydrogen) atoms. The molecule has 1 heterocycles. The highest BCUT2D eigenvalue weighted by atomic mass is 32.2. The van der Waals surface area contributed by atoms with Gasteiger partial charge < -0.3 is 5.11 Å². The van der Waals surface area contributed by atoms with E-state index in [1.165, 1.54) is 11.4 Å². The summed E-state index contributed by atoms with van der Waals surface area (Å²) >= 11 is 0. The van der Waals surface area contributed by atoms with Gasteiger partial charge in [-0.25, -0.2) is 4.72 Å². The molecule has 6 heteroatoms. The van der Waals surface area contributed by atoms with Crippen molar-refractivity contribution in [3.8, 4) is 0 Å². The fourth-order valence-corrected chi connectivity index (χ4v) is 2.17. The van der Waals surface area contributed by atoms with E-state index in [1.54, 1.807) is 6.92 Å². The predicted octanol–water partition coefficient (Wildman–Crippen LogP) is -1.48. The lowest BCUT2D eigenvalue weighted by Gasteiger charge is -2.42. The summed E-state index contributed by atoms with van der Waals surface area (Å²) in [5, 5.41) is 9.21. The molecule has 0 aromatic rings. The van der Waals surface area contributed by atoms with Gasteiger partial charge >= 0.3 is 0 Å². The molecular formula is C5H12N2O3S. The molecule has 0 unspecified atom stereocenters. The van der Waals surface area contributed by atoms with Crippen LogP contribution in [-0.2, 0) is 10.2 Å². The van der Waals surface area contributed by atoms with Crippen LogP contribution < -0.4 is 4.72 Å². The predicted molar refractivity (Wildman–Crippen MR) is 40.2 cm³/mol. The summed E-state index contributed by atoms with van der Waals surface area (Å²) in [7, 11) is -1.96. The molecule has 0 bridgehead atoms. The molecule has 1 saturated heterocycles. The van der Waals surface area contributed by atoms with E-state index in [9.17, 15) is 13.5 Å². The van der Waals surface area contributed by atoms with E-state index >= 15 is 0 Å². The molecule has 1 aliphatic rings. The molecule has 0 aromatic heterocycles. The van der Waals surface area contributed by atoms with E-state index in [4.69, 9.17) is 0 Å². The van der Waals surface area contributed by atoms with E-state index < -0.39 is 15.8 Å². The van der Waals surface area contributed by atoms with Crippen LogP contribution in [0.25, 0.3) is 0 Å². The highest BCUT2D eigenvalue weighted by Crippen LogP contribution is 2.21. The Kier molecular flexibility index (Phi) is 1.96. The van der Waals surface area contributed by atoms with Crippen molar-refractivity contribution < 1.29 is 13.5 Å². The van der Waals surface area contributed by atoms with E-state index in [2.05, 4.69) is 4.72 Å². The molecule has 0 saturated carbocycles. The van der Waals surface area contributed by atoms with Crippen molar-refractivity contribution in [2.24, 2.45) is 0 Å². The first-order valence-electron chi connectivity index (χ1n) is 3.28. The second-order valence-electron chi connectivity index (χ2n) is 2.97. The number of hydrogen-bond acceptors (Lipinski definition) is 3. The van der Waals surface area contributed by atoms with Crippen LogP contribution in [0, 0.1) is 0 Å². The number of aliphatic hydroxyl groups is 1. The molecule has 0 spiro atoms. The van der Waals surface area contributed by atoms with Gasteiger partial charge in [0, 0.05) is 20.1 Å². The maximum absolute atomic E-state index is 11.0. The van der Waals surface area contributed by atoms with Crippen LogP contribution in [0.2, 0.25) is 0 Å². The molecule has 66 valence electrons. The van der Waals surface area contributed by atoms with E-state index in [0.717, 1.165) is 0 Å². The summed E-state index contributed by atoms with van der Waals surface area (Å²) < 4.78 is 25.3. The molecule has 0 atom stereocenters. The Balaban J connectivity index is 2.58. The smallest absolute Gasteiger partial charge is 0.279 e. The highest BCUT2D eigenvalue weighted by Gasteiger charge is 2.42. The summed E-state index contributed by atoms with van der Waals surface area (Å²) in [5.74, 6) is 0. The first-order chi connectivity index (χ1) is 4.87. The average Bonchev–Trinajstić information content (AvgIpc) is 1.83. The van der Waals surface area contributed by atoms with Crippen molar-refractivity contribution in [3.63, 3.8) is 0 Å². The maximum Gasteiger partial charge on any atom is 0.279 e. The first-order valence-corrected chi connectivity index (χ1v) is 4.72. The third-order valence-electron chi connectivity index (χ3n) is 1.63. The lowest BCUT2D eigenvalue weighted by Crippen LogP contribution is -2.63. The van der Waals surface area contributed by atoms with Gasteiger partial charge in [0.2, 0.25) is 0 Å². The minimum Gasteiger partial charge on any atom is -0.387 e. The molecule has 1 rings (SSSR count). The van der Waals surface area contributed by atoms with Gasteiger partial charge in [0.1, 0.15) is 0 Å². The highest BCUT2D eigenvalue weighted by molar-refractivity contribution is 7.87. The summed E-state index contributed by atoms with van der Waals surface area (Å²) in [4.78, 5) is 0. The monoisotopic (exact) mass is 180 g/mol. The van der Waals surface area contributed by atoms with E-state index in [1.807, 2.05) is 0 Å². The minimum atomic E-state index is -3.31. The fraction of sp³-hybridized carbons (Fsp3) is 1.00. The van der Waals surface area contributed by atoms with Crippen molar-refractivity contribution in [2.45, 2.75) is 12.5 Å². The van der Waals surface area contributed by atoms with Crippen molar-refractivity contribution in [1.82, 2.24) is 9.03 Å². The lowest BCUT2D eigenvalue weighted by atomic mass is 10.0. The van der Waals surface area contributed by atoms with Crippen molar-refractivity contribution >= 4 is 10.2 Å². The Morgan fingerprint density at radius 2 is 2.00 bits per heavy atom. The normalized spacial score (nSPS) is 24.6. The van der Waals surface area contributed by atoms with Gasteiger partial charge in [0.05, 0.1) is 5.60 Å². The number of β-amino-alcohol motifs (C(OH)–C–C–N with tert-alkyl or cyclic N) is 1. The Morgan fingerprint density at radius 3 is 2.27 bits per heavy atom. The van der Waals surface area contributed by atoms with E-state index in [-0.39, 0.29) is 13.1 Å². The van der Waals surface area contributed by atoms with Gasteiger partial charge in [-0.3, -0.25) is 0 Å². The minimum absolute atomic E-state index is 0.177. The lowest BCUT2D eigenvalue weighted by molar-refractivity contribution is -0.0430. The summed E-state index contributed by atoms with van der Waals surface area (Å²) in [6, 6.07) is 0. The molecule has 0 radical (unpaired) electrons. The van der Waals surface area contributed by atoms with Crippen LogP contribution in [-0.4, -0.2) is 43.6 Å². The van der Waals surface area contributed by atoms with Crippen LogP contribution in [0.3, 0.4) is 0 Å². The molecule has 5 nitrogen and oxygen atoms in total. The largest absolute Gasteiger partial charge is 0.387 e. The number of rotatable bonds is 2. The molecule has 1 fully saturated rings. The van der Waals surface area contributed by atoms with Crippen LogP contribution in [0.1, 0.15) is 6.92 Å². The summed E-state index contributed by atoms with van der Waals surface area (Å²) in [6.07, 6.45) is 0. The zero-order valence-corrected chi connectivity index (χ0v) is 7.35. The molecule has 0 aromatic carbocycles. The Hall–Kier alpha value is -0.170. The maximum atomic E-state index is 11.0. The molecule has 0 aliphatic carbocycles. The van der Waals surface area contributed by atoms with Crippen LogP contribution in [0.5, 0.6) is 0 Å². The molecule has 1 aliphatic heterocycles. The summed E-state index contributed by atoms with van der Waals surface area (Å²) in [5.41, 5.74) is -0.843. The average molecular weight is 180 g/mol. The van der Waals surface area contributed by atoms with Gasteiger partial charge in [-0.15, -0.1) is 0 Å². The second kappa shape index (κ2) is 2.41. The SMILES string of the molecule is CNS(=O)(=O)N1CC(C)(O)C1. The van der Waals surface area contributed by atoms with Crippen LogP contribution in [0.15, 0.2) is 0 Å². The zero-order valence-electron chi connectivity index (χ0n) is 6.53. The first kappa shape index (κ1) is 8.92. The van der Waals surface area contributed by atoms with Gasteiger partial charge in [-0.2, -0.15) is 12.7 Å². The van der Waals surface area contributed by atoms with E-state index in [0.29, 0.717) is 0 Å². The zero-order chi connectivity index (χ0) is 8.70. The third-order valence-corrected chi connectivity index (χ3v) is 3.09. The van der Waals surface area contributed by atoms with Crippen LogP contribution in [0.4, 0.5) is 0 Å². The van der Waals surface area contributed by atoms with Gasteiger partial charge in [-0.1, -0.05) is 0 Å². The summed E-state index contributed by atoms with van der Waals surface area (Å²) in [6.45, 7) is 1.96. The van der Waals surface area contributed by atoms with Crippen LogP contribution >= 0.6 is 0 Å². The fourth-order valence-electron chi connectivity index (χ4n) is 1.01. The molecule has 2 N–H and O–H groups in total.